The van der Waals surface area contributed by atoms with E-state index in [1.54, 1.807) is 24.2 Å². The molecule has 1 amide bonds. The van der Waals surface area contributed by atoms with Crippen LogP contribution in [0.4, 0.5) is 0 Å². The van der Waals surface area contributed by atoms with E-state index in [0.29, 0.717) is 10.9 Å². The smallest absolute Gasteiger partial charge is 0.255 e. The lowest BCUT2D eigenvalue weighted by molar-refractivity contribution is 0.0743. The molecule has 0 aliphatic heterocycles. The molecule has 3 aromatic heterocycles. The van der Waals surface area contributed by atoms with Gasteiger partial charge in [-0.05, 0) is 42.1 Å². The molecule has 0 aliphatic rings. The lowest BCUT2D eigenvalue weighted by atomic mass is 10.0. The summed E-state index contributed by atoms with van der Waals surface area (Å²) in [5, 5.41) is 1.50. The highest BCUT2D eigenvalue weighted by molar-refractivity contribution is 5.96. The second kappa shape index (κ2) is 6.19. The van der Waals surface area contributed by atoms with E-state index in [2.05, 4.69) is 4.98 Å². The third-order valence-electron chi connectivity index (χ3n) is 4.94. The monoisotopic (exact) mass is 345 g/mol. The summed E-state index contributed by atoms with van der Waals surface area (Å²) >= 11 is 0. The van der Waals surface area contributed by atoms with Crippen LogP contribution < -0.4 is 5.56 Å². The summed E-state index contributed by atoms with van der Waals surface area (Å²) in [6.45, 7) is 1.97. The van der Waals surface area contributed by atoms with Crippen LogP contribution in [0.2, 0.25) is 0 Å². The molecule has 3 heterocycles. The normalized spacial score (nSPS) is 12.4. The fourth-order valence-electron chi connectivity index (χ4n) is 3.34. The molecule has 1 aromatic carbocycles. The SMILES string of the molecule is C[C@@H](c1c[nH]c(=O)c2ccccc12)N(C)C(=O)c1cc2ccccn2c1. The Bertz CT molecular complexity index is 1140. The second-order valence-corrected chi connectivity index (χ2v) is 6.47. The maximum Gasteiger partial charge on any atom is 0.255 e. The van der Waals surface area contributed by atoms with Crippen molar-refractivity contribution in [3.8, 4) is 0 Å². The number of nitrogens with zero attached hydrogens (tertiary/aromatic N) is 2. The number of rotatable bonds is 3. The first kappa shape index (κ1) is 16.1. The Balaban J connectivity index is 1.72. The molecule has 130 valence electrons. The van der Waals surface area contributed by atoms with Crippen molar-refractivity contribution in [3.63, 3.8) is 0 Å². The fraction of sp³-hybridized carbons (Fsp3) is 0.143. The standard InChI is InChI=1S/C21H19N3O2/c1-14(19-12-22-20(25)18-9-4-3-8-17(18)19)23(2)21(26)15-11-16-7-5-6-10-24(16)13-15/h3-14H,1-2H3,(H,22,25)/t14-/m0/s1. The van der Waals surface area contributed by atoms with Gasteiger partial charge >= 0.3 is 0 Å². The molecule has 0 spiro atoms. The minimum atomic E-state index is -0.188. The third kappa shape index (κ3) is 2.58. The minimum absolute atomic E-state index is 0.0588. The van der Waals surface area contributed by atoms with Gasteiger partial charge in [0.2, 0.25) is 0 Å². The largest absolute Gasteiger partial charge is 0.335 e. The van der Waals surface area contributed by atoms with E-state index in [0.717, 1.165) is 16.5 Å². The van der Waals surface area contributed by atoms with Gasteiger partial charge < -0.3 is 14.3 Å². The molecular formula is C21H19N3O2. The number of aromatic nitrogens is 2. The van der Waals surface area contributed by atoms with Gasteiger partial charge in [-0.1, -0.05) is 24.3 Å². The predicted molar refractivity (Wildman–Crippen MR) is 102 cm³/mol. The van der Waals surface area contributed by atoms with Gasteiger partial charge in [0.15, 0.2) is 0 Å². The van der Waals surface area contributed by atoms with Crippen molar-refractivity contribution >= 4 is 22.2 Å². The lowest BCUT2D eigenvalue weighted by Crippen LogP contribution is -2.30. The molecule has 4 rings (SSSR count). The number of hydrogen-bond acceptors (Lipinski definition) is 2. The van der Waals surface area contributed by atoms with Crippen LogP contribution in [-0.4, -0.2) is 27.2 Å². The number of nitrogens with one attached hydrogen (secondary N) is 1. The minimum Gasteiger partial charge on any atom is -0.335 e. The Morgan fingerprint density at radius 1 is 1.12 bits per heavy atom. The van der Waals surface area contributed by atoms with Crippen LogP contribution in [0.3, 0.4) is 0 Å². The zero-order valence-corrected chi connectivity index (χ0v) is 14.6. The summed E-state index contributed by atoms with van der Waals surface area (Å²) in [6.07, 6.45) is 5.46. The number of amides is 1. The number of carbonyl (C=O) groups is 1. The van der Waals surface area contributed by atoms with Crippen molar-refractivity contribution in [2.45, 2.75) is 13.0 Å². The third-order valence-corrected chi connectivity index (χ3v) is 4.94. The first-order valence-electron chi connectivity index (χ1n) is 8.50. The summed E-state index contributed by atoms with van der Waals surface area (Å²) in [4.78, 5) is 29.5. The van der Waals surface area contributed by atoms with Gasteiger partial charge in [0.25, 0.3) is 11.5 Å². The van der Waals surface area contributed by atoms with Crippen LogP contribution in [0.25, 0.3) is 16.3 Å². The molecule has 0 saturated carbocycles. The van der Waals surface area contributed by atoms with Crippen LogP contribution in [0.1, 0.15) is 28.9 Å². The molecule has 1 N–H and O–H groups in total. The topological polar surface area (TPSA) is 57.6 Å². The Kier molecular flexibility index (Phi) is 3.84. The van der Waals surface area contributed by atoms with E-state index in [1.165, 1.54) is 0 Å². The van der Waals surface area contributed by atoms with E-state index in [1.807, 2.05) is 66.2 Å². The van der Waals surface area contributed by atoms with E-state index in [9.17, 15) is 9.59 Å². The maximum atomic E-state index is 13.0. The van der Waals surface area contributed by atoms with E-state index >= 15 is 0 Å². The van der Waals surface area contributed by atoms with Crippen molar-refractivity contribution in [2.24, 2.45) is 0 Å². The van der Waals surface area contributed by atoms with Gasteiger partial charge in [0.1, 0.15) is 0 Å². The molecule has 5 heteroatoms. The summed E-state index contributed by atoms with van der Waals surface area (Å²) < 4.78 is 1.93. The summed E-state index contributed by atoms with van der Waals surface area (Å²) in [7, 11) is 1.79. The molecule has 0 unspecified atom stereocenters. The molecule has 0 radical (unpaired) electrons. The summed E-state index contributed by atoms with van der Waals surface area (Å²) in [5.41, 5.74) is 2.41. The highest BCUT2D eigenvalue weighted by atomic mass is 16.2. The van der Waals surface area contributed by atoms with Gasteiger partial charge in [-0.2, -0.15) is 0 Å². The molecule has 0 aliphatic carbocycles. The molecule has 0 fully saturated rings. The predicted octanol–water partition coefficient (Wildman–Crippen LogP) is 3.61. The zero-order chi connectivity index (χ0) is 18.3. The van der Waals surface area contributed by atoms with Gasteiger partial charge in [-0.25, -0.2) is 0 Å². The van der Waals surface area contributed by atoms with Crippen molar-refractivity contribution in [1.29, 1.82) is 0 Å². The number of aromatic amines is 1. The average Bonchev–Trinajstić information content (AvgIpc) is 3.11. The van der Waals surface area contributed by atoms with Crippen LogP contribution >= 0.6 is 0 Å². The van der Waals surface area contributed by atoms with E-state index in [4.69, 9.17) is 0 Å². The van der Waals surface area contributed by atoms with E-state index < -0.39 is 0 Å². The lowest BCUT2D eigenvalue weighted by Gasteiger charge is -2.26. The Morgan fingerprint density at radius 3 is 2.62 bits per heavy atom. The maximum absolute atomic E-state index is 13.0. The number of benzene rings is 1. The van der Waals surface area contributed by atoms with Crippen molar-refractivity contribution in [2.75, 3.05) is 7.05 Å². The van der Waals surface area contributed by atoms with Gasteiger partial charge in [-0.15, -0.1) is 0 Å². The summed E-state index contributed by atoms with van der Waals surface area (Å²) in [5.74, 6) is -0.0588. The number of carbonyl (C=O) groups excluding carboxylic acids is 1. The molecule has 5 nitrogen and oxygen atoms in total. The summed E-state index contributed by atoms with van der Waals surface area (Å²) in [6, 6.07) is 15.0. The molecule has 0 bridgehead atoms. The van der Waals surface area contributed by atoms with Gasteiger partial charge in [0, 0.05) is 36.5 Å². The highest BCUT2D eigenvalue weighted by Crippen LogP contribution is 2.26. The Labute approximate surface area is 150 Å². The first-order valence-corrected chi connectivity index (χ1v) is 8.50. The fourth-order valence-corrected chi connectivity index (χ4v) is 3.34. The van der Waals surface area contributed by atoms with Gasteiger partial charge in [-0.3, -0.25) is 9.59 Å². The molecule has 4 aromatic rings. The highest BCUT2D eigenvalue weighted by Gasteiger charge is 2.22. The zero-order valence-electron chi connectivity index (χ0n) is 14.6. The van der Waals surface area contributed by atoms with E-state index in [-0.39, 0.29) is 17.5 Å². The second-order valence-electron chi connectivity index (χ2n) is 6.47. The van der Waals surface area contributed by atoms with Gasteiger partial charge in [0.05, 0.1) is 11.6 Å². The molecule has 1 atom stereocenters. The van der Waals surface area contributed by atoms with Crippen LogP contribution in [0.15, 0.2) is 71.9 Å². The van der Waals surface area contributed by atoms with Crippen LogP contribution in [0.5, 0.6) is 0 Å². The quantitative estimate of drug-likeness (QED) is 0.617. The number of pyridine rings is 2. The number of H-pyrrole nitrogens is 1. The molecule has 0 saturated heterocycles. The Morgan fingerprint density at radius 2 is 1.85 bits per heavy atom. The first-order chi connectivity index (χ1) is 12.6. The van der Waals surface area contributed by atoms with Crippen LogP contribution in [-0.2, 0) is 0 Å². The van der Waals surface area contributed by atoms with Crippen molar-refractivity contribution in [3.05, 3.63) is 88.6 Å². The average molecular weight is 345 g/mol. The number of fused-ring (bicyclic) bond motifs is 2. The van der Waals surface area contributed by atoms with Crippen LogP contribution in [0, 0.1) is 0 Å². The molecule has 26 heavy (non-hydrogen) atoms. The Hall–Kier alpha value is -3.34. The molecular weight excluding hydrogens is 326 g/mol. The number of hydrogen-bond donors (Lipinski definition) is 1. The van der Waals surface area contributed by atoms with Crippen molar-refractivity contribution in [1.82, 2.24) is 14.3 Å². The van der Waals surface area contributed by atoms with Crippen molar-refractivity contribution < 1.29 is 4.79 Å².